The van der Waals surface area contributed by atoms with Crippen LogP contribution in [0.4, 0.5) is 0 Å². The van der Waals surface area contributed by atoms with E-state index in [1.807, 2.05) is 0 Å². The van der Waals surface area contributed by atoms with Gasteiger partial charge in [-0.15, -0.1) is 0 Å². The van der Waals surface area contributed by atoms with Gasteiger partial charge in [0.05, 0.1) is 0 Å². The molecule has 0 spiro atoms. The van der Waals surface area contributed by atoms with Crippen molar-refractivity contribution in [2.24, 2.45) is 11.7 Å². The number of nitrogens with zero attached hydrogens (tertiary/aromatic N) is 2. The van der Waals surface area contributed by atoms with E-state index in [2.05, 4.69) is 11.7 Å². The van der Waals surface area contributed by atoms with Crippen molar-refractivity contribution in [2.45, 2.75) is 0 Å². The minimum atomic E-state index is -0.444. The Bertz CT molecular complexity index is 26.5. The van der Waals surface area contributed by atoms with E-state index in [9.17, 15) is 0 Å². The molecule has 0 aromatic heterocycles. The zero-order valence-electron chi connectivity index (χ0n) is 2.94. The number of rotatable bonds is 1. The van der Waals surface area contributed by atoms with E-state index in [-0.39, 0.29) is 5.23 Å². The lowest BCUT2D eigenvalue weighted by Crippen LogP contribution is -2.48. The second-order valence-corrected chi connectivity index (χ2v) is 0.648. The van der Waals surface area contributed by atoms with Crippen LogP contribution in [0.25, 0.3) is 0 Å². The number of nitrogens with two attached hydrogens (primary N) is 2. The fourth-order valence-electron chi connectivity index (χ4n) is 0. The largest absolute Gasteiger partial charge is 0.273 e. The predicted molar refractivity (Wildman–Crippen MR) is 15.6 cm³/mol. The molecule has 0 bridgehead atoms. The Morgan fingerprint density at radius 1 is 1.17 bits per heavy atom. The maximum atomic E-state index is 7.69. The van der Waals surface area contributed by atoms with Crippen molar-refractivity contribution in [1.29, 1.82) is 0 Å². The molecule has 0 aliphatic carbocycles. The van der Waals surface area contributed by atoms with E-state index in [0.717, 1.165) is 0 Å². The van der Waals surface area contributed by atoms with Crippen molar-refractivity contribution in [1.82, 2.24) is 10.6 Å². The van der Waals surface area contributed by atoms with Gasteiger partial charge in [-0.1, -0.05) is 5.23 Å². The molecule has 0 rings (SSSR count). The van der Waals surface area contributed by atoms with Gasteiger partial charge in [-0.3, -0.25) is 10.4 Å². The smallest absolute Gasteiger partial charge is 0.0373 e. The van der Waals surface area contributed by atoms with E-state index >= 15 is 0 Å². The monoisotopic (exact) mass is 94.0 g/mol. The molecule has 0 radical (unpaired) electrons. The first-order valence-electron chi connectivity index (χ1n) is 1.12. The van der Waals surface area contributed by atoms with Gasteiger partial charge in [0.2, 0.25) is 0 Å². The summed E-state index contributed by atoms with van der Waals surface area (Å²) in [5, 5.41) is 15.1. The van der Waals surface area contributed by atoms with Crippen molar-refractivity contribution < 1.29 is 10.4 Å². The van der Waals surface area contributed by atoms with E-state index in [4.69, 9.17) is 10.4 Å². The standard InChI is InChI=1S/H6N4O2/c1-3(2)4(5)6/h5-6H,1-2H2. The fourth-order valence-corrected chi connectivity index (χ4v) is 0. The van der Waals surface area contributed by atoms with Gasteiger partial charge >= 0.3 is 0 Å². The highest BCUT2D eigenvalue weighted by molar-refractivity contribution is 3.85. The van der Waals surface area contributed by atoms with Gasteiger partial charge in [-0.05, 0) is 0 Å². The molecule has 0 amide bonds. The fraction of sp³-hybridized carbons (Fsp3) is 0. The topological polar surface area (TPSA) is 99.0 Å². The Labute approximate surface area is 34.0 Å². The molecule has 0 atom stereocenters. The Balaban J connectivity index is 2.99. The normalized spacial score (nSPS) is 11.0. The van der Waals surface area contributed by atoms with Crippen LogP contribution in [0, 0.1) is 0 Å². The summed E-state index contributed by atoms with van der Waals surface area (Å²) in [6.45, 7) is 0. The first-order chi connectivity index (χ1) is 2.64. The maximum Gasteiger partial charge on any atom is 0.0373 e. The van der Waals surface area contributed by atoms with Crippen LogP contribution in [0.3, 0.4) is 0 Å². The van der Waals surface area contributed by atoms with Gasteiger partial charge in [0.15, 0.2) is 0 Å². The molecule has 6 N–H and O–H groups in total. The number of hydrogen-bond acceptors (Lipinski definition) is 6. The molecule has 0 saturated heterocycles. The van der Waals surface area contributed by atoms with Crippen LogP contribution in [-0.4, -0.2) is 21.0 Å². The van der Waals surface area contributed by atoms with Gasteiger partial charge in [-0.25, -0.2) is 11.7 Å². The van der Waals surface area contributed by atoms with Gasteiger partial charge in [0.1, 0.15) is 0 Å². The van der Waals surface area contributed by atoms with Gasteiger partial charge in [0.25, 0.3) is 0 Å². The van der Waals surface area contributed by atoms with Crippen molar-refractivity contribution in [2.75, 3.05) is 0 Å². The van der Waals surface area contributed by atoms with Gasteiger partial charge < -0.3 is 0 Å². The highest BCUT2D eigenvalue weighted by Gasteiger charge is 1.91. The van der Waals surface area contributed by atoms with E-state index in [1.165, 1.54) is 0 Å². The van der Waals surface area contributed by atoms with Crippen LogP contribution in [0.1, 0.15) is 0 Å². The van der Waals surface area contributed by atoms with E-state index in [1.54, 1.807) is 0 Å². The summed E-state index contributed by atoms with van der Waals surface area (Å²) < 4.78 is 0. The van der Waals surface area contributed by atoms with Gasteiger partial charge in [0, 0.05) is 5.34 Å². The van der Waals surface area contributed by atoms with Crippen molar-refractivity contribution in [3.63, 3.8) is 0 Å². The van der Waals surface area contributed by atoms with Crippen LogP contribution in [0.15, 0.2) is 0 Å². The molecule has 0 saturated carbocycles. The Kier molecular flexibility index (Phi) is 1.95. The lowest BCUT2D eigenvalue weighted by Gasteiger charge is -2.10. The average Bonchev–Trinajstić information content (AvgIpc) is 1.36. The summed E-state index contributed by atoms with van der Waals surface area (Å²) in [5.74, 6) is 8.94. The molecule has 38 valence electrons. The Morgan fingerprint density at radius 2 is 1.33 bits per heavy atom. The molecule has 0 heterocycles. The lowest BCUT2D eigenvalue weighted by molar-refractivity contribution is -0.422. The molecule has 0 aromatic carbocycles. The third-order valence-corrected chi connectivity index (χ3v) is 0.207. The first kappa shape index (κ1) is 5.76. The third kappa shape index (κ3) is 2.03. The van der Waals surface area contributed by atoms with E-state index < -0.39 is 5.34 Å². The van der Waals surface area contributed by atoms with Crippen LogP contribution in [-0.2, 0) is 0 Å². The summed E-state index contributed by atoms with van der Waals surface area (Å²) in [7, 11) is 0. The van der Waals surface area contributed by atoms with Gasteiger partial charge in [-0.2, -0.15) is 0 Å². The predicted octanol–water partition coefficient (Wildman–Crippen LogP) is -1.97. The molecular formula is H6N4O2. The highest BCUT2D eigenvalue weighted by atomic mass is 16.8. The minimum absolute atomic E-state index is 0.111. The summed E-state index contributed by atoms with van der Waals surface area (Å²) in [6, 6.07) is 0. The number of hydrogen-bond donors (Lipinski definition) is 4. The molecule has 0 aromatic rings. The molecular weight excluding hydrogens is 88.0 g/mol. The molecule has 0 fully saturated rings. The highest BCUT2D eigenvalue weighted by Crippen LogP contribution is 1.60. The zero-order chi connectivity index (χ0) is 5.15. The number of hydrazine groups is 3. The van der Waals surface area contributed by atoms with Crippen LogP contribution in [0.2, 0.25) is 0 Å². The quantitative estimate of drug-likeness (QED) is 0.222. The lowest BCUT2D eigenvalue weighted by atomic mass is 12.2. The Morgan fingerprint density at radius 3 is 1.33 bits per heavy atom. The minimum Gasteiger partial charge on any atom is -0.273 e. The Hall–Kier alpha value is -0.240. The average molecular weight is 94.1 g/mol. The SMILES string of the molecule is NN(N)N(O)O. The summed E-state index contributed by atoms with van der Waals surface area (Å²) in [4.78, 5) is 0. The van der Waals surface area contributed by atoms with Crippen molar-refractivity contribution in [3.8, 4) is 0 Å². The van der Waals surface area contributed by atoms with E-state index in [0.29, 0.717) is 0 Å². The summed E-state index contributed by atoms with van der Waals surface area (Å²) in [6.07, 6.45) is 0. The summed E-state index contributed by atoms with van der Waals surface area (Å²) >= 11 is 0. The molecule has 6 heavy (non-hydrogen) atoms. The second-order valence-electron chi connectivity index (χ2n) is 0.648. The maximum absolute atomic E-state index is 7.69. The zero-order valence-corrected chi connectivity index (χ0v) is 2.94. The molecule has 6 heteroatoms. The van der Waals surface area contributed by atoms with Crippen LogP contribution in [0.5, 0.6) is 0 Å². The second kappa shape index (κ2) is 2.03. The summed E-state index contributed by atoms with van der Waals surface area (Å²) in [5.41, 5.74) is 0. The molecule has 0 aliphatic rings. The van der Waals surface area contributed by atoms with Crippen LogP contribution < -0.4 is 11.7 Å². The van der Waals surface area contributed by atoms with Crippen molar-refractivity contribution >= 4 is 0 Å². The third-order valence-electron chi connectivity index (χ3n) is 0.207. The molecule has 0 aliphatic heterocycles. The van der Waals surface area contributed by atoms with Crippen LogP contribution >= 0.6 is 0 Å². The first-order valence-corrected chi connectivity index (χ1v) is 1.12. The molecule has 6 nitrogen and oxygen atoms in total. The molecule has 0 unspecified atom stereocenters. The van der Waals surface area contributed by atoms with Crippen molar-refractivity contribution in [3.05, 3.63) is 0 Å².